The smallest absolute Gasteiger partial charge is 0.136 e. The quantitative estimate of drug-likeness (QED) is 0.219. The molecule has 0 amide bonds. The molecule has 172 valence electrons. The molecule has 1 aliphatic heterocycles. The van der Waals surface area contributed by atoms with Crippen molar-refractivity contribution in [1.82, 2.24) is 15.0 Å². The molecule has 0 spiro atoms. The number of aromatic nitrogens is 3. The summed E-state index contributed by atoms with van der Waals surface area (Å²) < 4.78 is 1.01. The van der Waals surface area contributed by atoms with Crippen LogP contribution < -0.4 is 19.6 Å². The Balaban J connectivity index is 1.77. The van der Waals surface area contributed by atoms with Crippen LogP contribution in [0.3, 0.4) is 0 Å². The van der Waals surface area contributed by atoms with E-state index in [2.05, 4.69) is 27.5 Å². The van der Waals surface area contributed by atoms with Gasteiger partial charge < -0.3 is 19.6 Å². The largest absolute Gasteiger partial charge is 0.328 e. The van der Waals surface area contributed by atoms with Gasteiger partial charge in [-0.2, -0.15) is 0 Å². The summed E-state index contributed by atoms with van der Waals surface area (Å²) >= 11 is 9.07. The molecule has 3 aromatic heterocycles. The number of anilines is 8. The highest BCUT2D eigenvalue weighted by atomic mass is 127. The number of fused-ring (bicyclic) bond motifs is 8. The Morgan fingerprint density at radius 1 is 0.559 bits per heavy atom. The number of rotatable bonds is 0. The molecule has 8 bridgehead atoms. The van der Waals surface area contributed by atoms with E-state index in [-0.39, 0.29) is 0 Å². The Hall–Kier alpha value is -3.11. The van der Waals surface area contributed by atoms with Crippen LogP contribution in [0.25, 0.3) is 0 Å². The Morgan fingerprint density at radius 3 is 1.38 bits per heavy atom. The summed E-state index contributed by atoms with van der Waals surface area (Å²) in [4.78, 5) is 22.8. The number of benzene rings is 1. The molecule has 7 nitrogen and oxygen atoms in total. The zero-order chi connectivity index (χ0) is 24.0. The molecular weight excluding hydrogens is 561 g/mol. The number of hydrogen-bond acceptors (Lipinski definition) is 7. The first-order valence-electron chi connectivity index (χ1n) is 10.7. The van der Waals surface area contributed by atoms with Crippen LogP contribution in [0.5, 0.6) is 0 Å². The number of pyridine rings is 3. The molecule has 4 aromatic rings. The van der Waals surface area contributed by atoms with Gasteiger partial charge in [0, 0.05) is 28.2 Å². The first kappa shape index (κ1) is 22.7. The normalized spacial score (nSPS) is 13.4. The van der Waals surface area contributed by atoms with E-state index in [0.29, 0.717) is 5.02 Å². The minimum Gasteiger partial charge on any atom is -0.328 e. The molecule has 0 saturated carbocycles. The van der Waals surface area contributed by atoms with Gasteiger partial charge in [-0.05, 0) is 71.1 Å². The zero-order valence-corrected chi connectivity index (χ0v) is 22.2. The summed E-state index contributed by atoms with van der Waals surface area (Å²) in [5.74, 6) is 4.75. The van der Waals surface area contributed by atoms with Crippen LogP contribution in [0, 0.1) is 3.57 Å². The Bertz CT molecular complexity index is 1380. The predicted molar refractivity (Wildman–Crippen MR) is 149 cm³/mol. The van der Waals surface area contributed by atoms with E-state index in [1.807, 2.05) is 110 Å². The van der Waals surface area contributed by atoms with Crippen LogP contribution in [0.2, 0.25) is 5.02 Å². The van der Waals surface area contributed by atoms with E-state index in [4.69, 9.17) is 26.6 Å². The number of nitrogens with zero attached hydrogens (tertiary/aromatic N) is 7. The molecule has 34 heavy (non-hydrogen) atoms. The first-order chi connectivity index (χ1) is 16.3. The second-order valence-electron chi connectivity index (χ2n) is 8.03. The molecule has 0 radical (unpaired) electrons. The molecule has 0 fully saturated rings. The lowest BCUT2D eigenvalue weighted by atomic mass is 10.2. The molecule has 0 atom stereocenters. The van der Waals surface area contributed by atoms with E-state index in [9.17, 15) is 0 Å². The lowest BCUT2D eigenvalue weighted by molar-refractivity contribution is 1.01. The van der Waals surface area contributed by atoms with Gasteiger partial charge in [0.25, 0.3) is 0 Å². The summed E-state index contributed by atoms with van der Waals surface area (Å²) in [7, 11) is 7.93. The van der Waals surface area contributed by atoms with Gasteiger partial charge in [0.15, 0.2) is 0 Å². The van der Waals surface area contributed by atoms with E-state index in [1.54, 1.807) is 0 Å². The van der Waals surface area contributed by atoms with Gasteiger partial charge in [-0.15, -0.1) is 0 Å². The molecule has 0 saturated heterocycles. The monoisotopic (exact) mass is 583 g/mol. The van der Waals surface area contributed by atoms with Crippen LogP contribution in [0.15, 0.2) is 66.7 Å². The second kappa shape index (κ2) is 8.92. The maximum Gasteiger partial charge on any atom is 0.136 e. The van der Waals surface area contributed by atoms with Crippen LogP contribution in [0.1, 0.15) is 0 Å². The first-order valence-corrected chi connectivity index (χ1v) is 12.1. The highest BCUT2D eigenvalue weighted by molar-refractivity contribution is 14.1. The van der Waals surface area contributed by atoms with Gasteiger partial charge in [0.2, 0.25) is 0 Å². The van der Waals surface area contributed by atoms with Crippen molar-refractivity contribution < 1.29 is 0 Å². The molecule has 1 aliphatic rings. The lowest BCUT2D eigenvalue weighted by Crippen LogP contribution is -2.21. The Morgan fingerprint density at radius 2 is 0.941 bits per heavy atom. The van der Waals surface area contributed by atoms with Crippen molar-refractivity contribution in [2.45, 2.75) is 0 Å². The third-order valence-electron chi connectivity index (χ3n) is 5.96. The van der Waals surface area contributed by atoms with Crippen LogP contribution >= 0.6 is 34.2 Å². The molecular formula is C25H23ClIN7. The SMILES string of the molecule is CN1c2cccc(n2)N(C)c2cccc(n2)N(C)c2c(Cl)ccc(c2I)N(C)c2cccc1n2. The Kier molecular flexibility index (Phi) is 5.95. The lowest BCUT2D eigenvalue weighted by Gasteiger charge is -2.28. The third kappa shape index (κ3) is 3.90. The third-order valence-corrected chi connectivity index (χ3v) is 7.33. The minimum absolute atomic E-state index is 0.654. The van der Waals surface area contributed by atoms with Crippen molar-refractivity contribution in [3.63, 3.8) is 0 Å². The van der Waals surface area contributed by atoms with Gasteiger partial charge in [-0.25, -0.2) is 15.0 Å². The van der Waals surface area contributed by atoms with E-state index in [0.717, 1.165) is 49.9 Å². The fourth-order valence-electron chi connectivity index (χ4n) is 3.93. The predicted octanol–water partition coefficient (Wildman–Crippen LogP) is 6.51. The molecule has 0 N–H and O–H groups in total. The topological polar surface area (TPSA) is 51.6 Å². The maximum atomic E-state index is 6.71. The molecule has 9 heteroatoms. The van der Waals surface area contributed by atoms with Crippen molar-refractivity contribution in [3.05, 3.63) is 75.3 Å². The molecule has 1 aromatic carbocycles. The van der Waals surface area contributed by atoms with Crippen LogP contribution in [-0.2, 0) is 0 Å². The van der Waals surface area contributed by atoms with E-state index >= 15 is 0 Å². The molecule has 0 unspecified atom stereocenters. The zero-order valence-electron chi connectivity index (χ0n) is 19.2. The highest BCUT2D eigenvalue weighted by Crippen LogP contribution is 2.41. The molecule has 0 aliphatic carbocycles. The summed E-state index contributed by atoms with van der Waals surface area (Å²) in [6.07, 6.45) is 0. The fourth-order valence-corrected chi connectivity index (χ4v) is 5.56. The summed E-state index contributed by atoms with van der Waals surface area (Å²) in [5, 5.41) is 0.654. The van der Waals surface area contributed by atoms with Crippen LogP contribution in [0.4, 0.5) is 46.3 Å². The van der Waals surface area contributed by atoms with Gasteiger partial charge in [-0.3, -0.25) is 0 Å². The van der Waals surface area contributed by atoms with Crippen molar-refractivity contribution >= 4 is 80.5 Å². The molecule has 4 heterocycles. The fraction of sp³-hybridized carbons (Fsp3) is 0.160. The minimum atomic E-state index is 0.654. The van der Waals surface area contributed by atoms with E-state index < -0.39 is 0 Å². The van der Waals surface area contributed by atoms with Gasteiger partial charge >= 0.3 is 0 Å². The average Bonchev–Trinajstić information content (AvgIpc) is 2.87. The second-order valence-corrected chi connectivity index (χ2v) is 9.51. The van der Waals surface area contributed by atoms with Crippen molar-refractivity contribution in [1.29, 1.82) is 0 Å². The summed E-state index contributed by atoms with van der Waals surface area (Å²) in [5.41, 5.74) is 1.89. The standard InChI is InChI=1S/C25H23ClIN7/c1-31-17-15-14-16(26)25(24(17)27)34(4)23-13-7-12-22(30-23)33(3)21-11-6-10-20(29-21)32(2)19-9-5-8-18(31)28-19/h5-15H,1-4H3. The summed E-state index contributed by atoms with van der Waals surface area (Å²) in [6.45, 7) is 0. The van der Waals surface area contributed by atoms with Crippen molar-refractivity contribution in [2.75, 3.05) is 47.8 Å². The number of hydrogen-bond donors (Lipinski definition) is 0. The van der Waals surface area contributed by atoms with Gasteiger partial charge in [0.05, 0.1) is 20.0 Å². The maximum absolute atomic E-state index is 6.71. The molecule has 5 rings (SSSR count). The van der Waals surface area contributed by atoms with Crippen LogP contribution in [-0.4, -0.2) is 43.1 Å². The van der Waals surface area contributed by atoms with Crippen molar-refractivity contribution in [3.8, 4) is 0 Å². The Labute approximate surface area is 217 Å². The average molecular weight is 584 g/mol. The van der Waals surface area contributed by atoms with E-state index in [1.165, 1.54) is 0 Å². The van der Waals surface area contributed by atoms with Crippen molar-refractivity contribution in [2.24, 2.45) is 0 Å². The van der Waals surface area contributed by atoms with Gasteiger partial charge in [0.1, 0.15) is 34.9 Å². The highest BCUT2D eigenvalue weighted by Gasteiger charge is 2.21. The number of halogens is 2. The van der Waals surface area contributed by atoms with Gasteiger partial charge in [-0.1, -0.05) is 29.8 Å². The summed E-state index contributed by atoms with van der Waals surface area (Å²) in [6, 6.07) is 21.8.